The molecular formula is C36H34N6Si2. The molecule has 0 N–H and O–H groups in total. The molecule has 8 heteroatoms. The van der Waals surface area contributed by atoms with Crippen molar-refractivity contribution in [2.75, 3.05) is 8.46 Å². The number of rotatable bonds is 6. The molecule has 0 unspecified atom stereocenters. The summed E-state index contributed by atoms with van der Waals surface area (Å²) in [5, 5.41) is 4.91. The highest BCUT2D eigenvalue weighted by atomic mass is 28.5. The summed E-state index contributed by atoms with van der Waals surface area (Å²) in [5.41, 5.74) is 3.78. The highest BCUT2D eigenvalue weighted by molar-refractivity contribution is 7.38. The van der Waals surface area contributed by atoms with Crippen LogP contribution in [-0.4, -0.2) is 36.7 Å². The Hall–Kier alpha value is -4.93. The summed E-state index contributed by atoms with van der Waals surface area (Å²) in [6.07, 6.45) is 0. The van der Waals surface area contributed by atoms with Gasteiger partial charge in [-0.15, -0.1) is 0 Å². The van der Waals surface area contributed by atoms with E-state index in [-0.39, 0.29) is 0 Å². The fraction of sp³-hybridized carbons (Fsp3) is 0.111. The van der Waals surface area contributed by atoms with E-state index in [0.717, 1.165) is 34.7 Å². The lowest BCUT2D eigenvalue weighted by atomic mass is 10.4. The summed E-state index contributed by atoms with van der Waals surface area (Å²) in [6, 6.07) is 47.7. The fourth-order valence-corrected chi connectivity index (χ4v) is 21.6. The lowest BCUT2D eigenvalue weighted by Crippen LogP contribution is -3.08. The summed E-state index contributed by atoms with van der Waals surface area (Å²) in [5.74, 6) is 1.50. The Morgan fingerprint density at radius 1 is 0.364 bits per heavy atom. The van der Waals surface area contributed by atoms with Crippen LogP contribution in [0.3, 0.4) is 0 Å². The highest BCUT2D eigenvalue weighted by Gasteiger charge is 2.76. The maximum Gasteiger partial charge on any atom is 0.323 e. The number of benzene rings is 4. The smallest absolute Gasteiger partial charge is 0.323 e. The third-order valence-electron chi connectivity index (χ3n) is 8.34. The van der Waals surface area contributed by atoms with Crippen molar-refractivity contribution in [3.63, 3.8) is 0 Å². The van der Waals surface area contributed by atoms with Crippen molar-refractivity contribution in [3.8, 4) is 0 Å². The van der Waals surface area contributed by atoms with E-state index in [1.165, 1.54) is 20.7 Å². The van der Waals surface area contributed by atoms with Gasteiger partial charge in [0.1, 0.15) is 0 Å². The van der Waals surface area contributed by atoms with Crippen LogP contribution in [0.5, 0.6) is 0 Å². The molecular weight excluding hydrogens is 573 g/mol. The summed E-state index contributed by atoms with van der Waals surface area (Å²) in [7, 11) is -6.30. The quantitative estimate of drug-likeness (QED) is 0.263. The Bertz CT molecular complexity index is 1650. The topological polar surface area (TPSA) is 58.0 Å². The Morgan fingerprint density at radius 3 is 0.818 bits per heavy atom. The molecule has 0 radical (unpaired) electrons. The molecule has 0 atom stereocenters. The van der Waals surface area contributed by atoms with Crippen LogP contribution >= 0.6 is 0 Å². The van der Waals surface area contributed by atoms with E-state index in [0.29, 0.717) is 0 Å². The van der Waals surface area contributed by atoms with Gasteiger partial charge < -0.3 is 8.46 Å². The Kier molecular flexibility index (Phi) is 6.95. The molecule has 44 heavy (non-hydrogen) atoms. The van der Waals surface area contributed by atoms with Gasteiger partial charge in [-0.3, -0.25) is 0 Å². The molecule has 3 heterocycles. The minimum absolute atomic E-state index is 0.752. The highest BCUT2D eigenvalue weighted by Crippen LogP contribution is 2.43. The van der Waals surface area contributed by atoms with Gasteiger partial charge in [0.25, 0.3) is 0 Å². The van der Waals surface area contributed by atoms with Crippen molar-refractivity contribution in [2.45, 2.75) is 27.7 Å². The lowest BCUT2D eigenvalue weighted by Gasteiger charge is -2.70. The van der Waals surface area contributed by atoms with Crippen LogP contribution in [0.1, 0.15) is 22.8 Å². The van der Waals surface area contributed by atoms with Gasteiger partial charge in [0.2, 0.25) is 11.9 Å². The first kappa shape index (κ1) is 27.9. The number of hydrogen-bond acceptors (Lipinski definition) is 6. The predicted molar refractivity (Wildman–Crippen MR) is 184 cm³/mol. The van der Waals surface area contributed by atoms with Crippen LogP contribution in [0.2, 0.25) is 0 Å². The zero-order valence-corrected chi connectivity index (χ0v) is 27.4. The van der Waals surface area contributed by atoms with Crippen LogP contribution in [0.4, 0.5) is 11.9 Å². The van der Waals surface area contributed by atoms with E-state index in [4.69, 9.17) is 19.9 Å². The SMILES string of the molecule is Cc1cc(C)nc(N2[Si](c3ccccc3)(c3ccccc3)N(c3nc(C)cc(C)n3)[Si]2(c2ccccc2)c2ccccc2)n1. The van der Waals surface area contributed by atoms with Crippen molar-refractivity contribution < 1.29 is 0 Å². The van der Waals surface area contributed by atoms with Crippen LogP contribution in [0.25, 0.3) is 0 Å². The maximum absolute atomic E-state index is 5.23. The van der Waals surface area contributed by atoms with Crippen molar-refractivity contribution in [1.82, 2.24) is 19.9 Å². The number of nitrogens with zero attached hydrogens (tertiary/aromatic N) is 6. The van der Waals surface area contributed by atoms with Crippen molar-refractivity contribution in [1.29, 1.82) is 0 Å². The minimum atomic E-state index is -3.15. The molecule has 0 saturated carbocycles. The van der Waals surface area contributed by atoms with Gasteiger partial charge in [-0.1, -0.05) is 121 Å². The first-order valence-corrected chi connectivity index (χ1v) is 18.7. The standard InChI is InChI=1S/C36H34N6Si2/c1-27-25-28(2)38-35(37-27)41-43(31-17-9-5-10-18-31,32-19-11-6-12-20-32)42(36-39-29(3)26-30(4)40-36)44(41,33-21-13-7-14-22-33)34-23-15-8-16-24-34/h5-26H,1-4H3. The number of anilines is 2. The molecule has 1 saturated heterocycles. The fourth-order valence-electron chi connectivity index (χ4n) is 6.87. The Morgan fingerprint density at radius 2 is 0.591 bits per heavy atom. The third kappa shape index (κ3) is 4.21. The predicted octanol–water partition coefficient (Wildman–Crippen LogP) is 4.34. The monoisotopic (exact) mass is 606 g/mol. The molecule has 7 rings (SSSR count). The zero-order chi connectivity index (χ0) is 30.3. The summed E-state index contributed by atoms with van der Waals surface area (Å²) in [6.45, 7) is 8.24. The van der Waals surface area contributed by atoms with Gasteiger partial charge in [-0.25, -0.2) is 19.9 Å². The van der Waals surface area contributed by atoms with Crippen LogP contribution in [0.15, 0.2) is 133 Å². The summed E-state index contributed by atoms with van der Waals surface area (Å²) in [4.78, 5) is 20.9. The molecule has 0 bridgehead atoms. The van der Waals surface area contributed by atoms with E-state index in [1.54, 1.807) is 0 Å². The number of hydrogen-bond donors (Lipinski definition) is 0. The molecule has 0 aliphatic carbocycles. The van der Waals surface area contributed by atoms with Gasteiger partial charge in [0, 0.05) is 22.8 Å². The van der Waals surface area contributed by atoms with Gasteiger partial charge in [0.05, 0.1) is 0 Å². The molecule has 0 spiro atoms. The van der Waals surface area contributed by atoms with E-state index in [9.17, 15) is 0 Å². The van der Waals surface area contributed by atoms with E-state index >= 15 is 0 Å². The Labute approximate surface area is 261 Å². The molecule has 1 aliphatic heterocycles. The summed E-state index contributed by atoms with van der Waals surface area (Å²) >= 11 is 0. The first-order chi connectivity index (χ1) is 21.5. The third-order valence-corrected chi connectivity index (χ3v) is 20.2. The second-order valence-corrected chi connectivity index (χ2v) is 19.1. The van der Waals surface area contributed by atoms with Crippen LogP contribution in [0, 0.1) is 27.7 Å². The second kappa shape index (κ2) is 11.0. The van der Waals surface area contributed by atoms with E-state index < -0.39 is 16.8 Å². The van der Waals surface area contributed by atoms with Gasteiger partial charge in [-0.2, -0.15) is 0 Å². The van der Waals surface area contributed by atoms with Crippen molar-refractivity contribution >= 4 is 49.4 Å². The number of aromatic nitrogens is 4. The number of aryl methyl sites for hydroxylation is 4. The van der Waals surface area contributed by atoms with Crippen LogP contribution in [-0.2, 0) is 0 Å². The largest absolute Gasteiger partial charge is 0.346 e. The molecule has 2 aromatic heterocycles. The van der Waals surface area contributed by atoms with Crippen molar-refractivity contribution in [3.05, 3.63) is 156 Å². The van der Waals surface area contributed by atoms with Gasteiger partial charge in [0.15, 0.2) is 0 Å². The molecule has 4 aromatic carbocycles. The second-order valence-electron chi connectivity index (χ2n) is 11.4. The molecule has 1 fully saturated rings. The van der Waals surface area contributed by atoms with Crippen LogP contribution < -0.4 is 29.2 Å². The first-order valence-electron chi connectivity index (χ1n) is 14.9. The average molecular weight is 607 g/mol. The summed E-state index contributed by atoms with van der Waals surface area (Å²) < 4.78 is 5.33. The molecule has 0 amide bonds. The van der Waals surface area contributed by atoms with E-state index in [1.807, 2.05) is 0 Å². The normalized spacial score (nSPS) is 15.1. The Balaban J connectivity index is 1.72. The lowest BCUT2D eigenvalue weighted by molar-refractivity contribution is 0.980. The minimum Gasteiger partial charge on any atom is -0.346 e. The zero-order valence-electron chi connectivity index (χ0n) is 25.4. The van der Waals surface area contributed by atoms with Crippen molar-refractivity contribution in [2.24, 2.45) is 0 Å². The molecule has 6 aromatic rings. The van der Waals surface area contributed by atoms with Gasteiger partial charge in [-0.05, 0) is 60.6 Å². The molecule has 1 aliphatic rings. The molecule has 6 nitrogen and oxygen atoms in total. The maximum atomic E-state index is 5.23. The van der Waals surface area contributed by atoms with E-state index in [2.05, 4.69) is 170 Å². The average Bonchev–Trinajstić information content (AvgIpc) is 3.02. The molecule has 216 valence electrons. The van der Waals surface area contributed by atoms with Gasteiger partial charge >= 0.3 is 16.8 Å².